The van der Waals surface area contributed by atoms with E-state index >= 15 is 0 Å². The van der Waals surface area contributed by atoms with Crippen LogP contribution in [0.4, 0.5) is 0 Å². The summed E-state index contributed by atoms with van der Waals surface area (Å²) in [7, 11) is 0. The Balaban J connectivity index is 2.75. The van der Waals surface area contributed by atoms with E-state index in [2.05, 4.69) is 26.1 Å². The second kappa shape index (κ2) is 6.09. The van der Waals surface area contributed by atoms with Gasteiger partial charge >= 0.3 is 0 Å². The summed E-state index contributed by atoms with van der Waals surface area (Å²) in [6.45, 7) is 8.77. The summed E-state index contributed by atoms with van der Waals surface area (Å²) >= 11 is 0. The minimum absolute atomic E-state index is 1.08. The van der Waals surface area contributed by atoms with Crippen molar-refractivity contribution in [2.45, 2.75) is 33.6 Å². The smallest absolute Gasteiger partial charge is 0.000811 e. The molecule has 0 saturated heterocycles. The molecule has 0 aliphatic carbocycles. The lowest BCUT2D eigenvalue weighted by molar-refractivity contribution is 0.647. The fourth-order valence-corrected chi connectivity index (χ4v) is 0.640. The Morgan fingerprint density at radius 3 is 2.44 bits per heavy atom. The van der Waals surface area contributed by atoms with E-state index in [-0.39, 0.29) is 0 Å². The average Bonchev–Trinajstić information content (AvgIpc) is 1.80. The zero-order chi connectivity index (χ0) is 7.11. The molecule has 1 heteroatoms. The molecule has 0 aliphatic rings. The van der Waals surface area contributed by atoms with Crippen molar-refractivity contribution in [3.63, 3.8) is 0 Å². The molecule has 0 aromatic heterocycles. The lowest BCUT2D eigenvalue weighted by Gasteiger charge is -2.04. The molecular formula is C8H18N. The first kappa shape index (κ1) is 8.96. The molecule has 1 N–H and O–H groups in total. The first-order valence-corrected chi connectivity index (χ1v) is 3.77. The minimum Gasteiger partial charge on any atom is -0.316 e. The van der Waals surface area contributed by atoms with Gasteiger partial charge in [-0.1, -0.05) is 27.2 Å². The summed E-state index contributed by atoms with van der Waals surface area (Å²) in [4.78, 5) is 0. The Morgan fingerprint density at radius 2 is 2.00 bits per heavy atom. The number of rotatable bonds is 5. The predicted molar refractivity (Wildman–Crippen MR) is 42.4 cm³/mol. The molecule has 0 heterocycles. The maximum atomic E-state index is 3.35. The van der Waals surface area contributed by atoms with Gasteiger partial charge in [-0.3, -0.25) is 0 Å². The largest absolute Gasteiger partial charge is 0.316 e. The van der Waals surface area contributed by atoms with Crippen molar-refractivity contribution in [2.75, 3.05) is 13.1 Å². The van der Waals surface area contributed by atoms with E-state index in [4.69, 9.17) is 0 Å². The maximum Gasteiger partial charge on any atom is 0.000811 e. The van der Waals surface area contributed by atoms with Gasteiger partial charge in [0.15, 0.2) is 0 Å². The normalized spacial score (nSPS) is 10.7. The highest BCUT2D eigenvalue weighted by molar-refractivity contribution is 4.79. The number of hydrogen-bond acceptors (Lipinski definition) is 1. The summed E-state index contributed by atoms with van der Waals surface area (Å²) < 4.78 is 0. The van der Waals surface area contributed by atoms with Crippen LogP contribution in [0.25, 0.3) is 0 Å². The molecule has 0 unspecified atom stereocenters. The van der Waals surface area contributed by atoms with Crippen LogP contribution in [-0.2, 0) is 0 Å². The van der Waals surface area contributed by atoms with Crippen LogP contribution in [0.1, 0.15) is 33.6 Å². The average molecular weight is 128 g/mol. The highest BCUT2D eigenvalue weighted by Crippen LogP contribution is 1.90. The molecule has 0 atom stereocenters. The third kappa shape index (κ3) is 7.96. The molecule has 0 aromatic carbocycles. The van der Waals surface area contributed by atoms with Gasteiger partial charge in [-0.2, -0.15) is 0 Å². The fraction of sp³-hybridized carbons (Fsp3) is 0.875. The third-order valence-electron chi connectivity index (χ3n) is 1.19. The van der Waals surface area contributed by atoms with Crippen molar-refractivity contribution in [2.24, 2.45) is 0 Å². The van der Waals surface area contributed by atoms with Crippen LogP contribution in [0.2, 0.25) is 0 Å². The summed E-state index contributed by atoms with van der Waals surface area (Å²) in [5.74, 6) is 1.46. The number of hydrogen-bond donors (Lipinski definition) is 1. The van der Waals surface area contributed by atoms with Crippen LogP contribution in [0, 0.1) is 5.92 Å². The summed E-state index contributed by atoms with van der Waals surface area (Å²) in [5, 5.41) is 3.35. The highest BCUT2D eigenvalue weighted by Gasteiger charge is 1.90. The Morgan fingerprint density at radius 1 is 1.33 bits per heavy atom. The van der Waals surface area contributed by atoms with E-state index in [1.807, 2.05) is 0 Å². The molecule has 0 aromatic rings. The minimum atomic E-state index is 1.08. The van der Waals surface area contributed by atoms with Gasteiger partial charge < -0.3 is 5.32 Å². The van der Waals surface area contributed by atoms with Gasteiger partial charge in [0.05, 0.1) is 0 Å². The first-order valence-electron chi connectivity index (χ1n) is 3.77. The van der Waals surface area contributed by atoms with Gasteiger partial charge in [0.1, 0.15) is 0 Å². The molecule has 55 valence electrons. The molecule has 0 aliphatic heterocycles. The first-order chi connectivity index (χ1) is 4.27. The van der Waals surface area contributed by atoms with E-state index in [9.17, 15) is 0 Å². The lowest BCUT2D eigenvalue weighted by atomic mass is 10.2. The molecule has 0 saturated carbocycles. The van der Waals surface area contributed by atoms with Gasteiger partial charge in [-0.15, -0.1) is 0 Å². The molecule has 9 heavy (non-hydrogen) atoms. The molecule has 0 fully saturated rings. The predicted octanol–water partition coefficient (Wildman–Crippen LogP) is 1.99. The van der Waals surface area contributed by atoms with Crippen molar-refractivity contribution < 1.29 is 0 Å². The molecule has 0 rings (SSSR count). The fourth-order valence-electron chi connectivity index (χ4n) is 0.640. The van der Waals surface area contributed by atoms with Crippen molar-refractivity contribution >= 4 is 0 Å². The van der Waals surface area contributed by atoms with E-state index in [1.165, 1.54) is 25.3 Å². The van der Waals surface area contributed by atoms with Gasteiger partial charge in [-0.05, 0) is 18.9 Å². The zero-order valence-corrected chi connectivity index (χ0v) is 6.83. The van der Waals surface area contributed by atoms with Gasteiger partial charge in [-0.25, -0.2) is 0 Å². The summed E-state index contributed by atoms with van der Waals surface area (Å²) in [6.07, 6.45) is 2.59. The summed E-state index contributed by atoms with van der Waals surface area (Å²) in [5.41, 5.74) is 0. The molecule has 1 radical (unpaired) electrons. The Kier molecular flexibility index (Phi) is 6.06. The van der Waals surface area contributed by atoms with Crippen LogP contribution in [0.5, 0.6) is 0 Å². The van der Waals surface area contributed by atoms with E-state index in [0.717, 1.165) is 6.54 Å². The van der Waals surface area contributed by atoms with Crippen LogP contribution in [0.3, 0.4) is 0 Å². The van der Waals surface area contributed by atoms with Gasteiger partial charge in [0, 0.05) is 6.54 Å². The van der Waals surface area contributed by atoms with E-state index in [0.29, 0.717) is 0 Å². The van der Waals surface area contributed by atoms with Crippen LogP contribution in [-0.4, -0.2) is 13.1 Å². The topological polar surface area (TPSA) is 12.0 Å². The molecule has 1 nitrogen and oxygen atoms in total. The monoisotopic (exact) mass is 128 g/mol. The van der Waals surface area contributed by atoms with Crippen molar-refractivity contribution in [1.82, 2.24) is 5.32 Å². The standard InChI is InChI=1S/C8H18N/c1-4-5-6-9-7-8(2)3/h9H,4-7H2,1-3H3. The maximum absolute atomic E-state index is 3.35. The van der Waals surface area contributed by atoms with E-state index in [1.54, 1.807) is 0 Å². The second-order valence-corrected chi connectivity index (χ2v) is 2.74. The van der Waals surface area contributed by atoms with Gasteiger partial charge in [0.25, 0.3) is 0 Å². The van der Waals surface area contributed by atoms with Gasteiger partial charge in [0.2, 0.25) is 0 Å². The molecule has 0 spiro atoms. The number of unbranched alkanes of at least 4 members (excludes halogenated alkanes) is 1. The number of nitrogens with one attached hydrogen (secondary N) is 1. The van der Waals surface area contributed by atoms with Crippen LogP contribution in [0.15, 0.2) is 0 Å². The Bertz CT molecular complexity index is 50.5. The SMILES string of the molecule is CCCCNC[C](C)C. The highest BCUT2D eigenvalue weighted by atomic mass is 14.8. The molecule has 0 amide bonds. The molecule has 0 bridgehead atoms. The van der Waals surface area contributed by atoms with Crippen molar-refractivity contribution in [3.05, 3.63) is 5.92 Å². The van der Waals surface area contributed by atoms with Crippen LogP contribution >= 0.6 is 0 Å². The van der Waals surface area contributed by atoms with Crippen LogP contribution < -0.4 is 5.32 Å². The lowest BCUT2D eigenvalue weighted by Crippen LogP contribution is -2.19. The quantitative estimate of drug-likeness (QED) is 0.558. The van der Waals surface area contributed by atoms with Crippen molar-refractivity contribution in [3.8, 4) is 0 Å². The second-order valence-electron chi connectivity index (χ2n) is 2.74. The van der Waals surface area contributed by atoms with E-state index < -0.39 is 0 Å². The molecular weight excluding hydrogens is 110 g/mol. The zero-order valence-electron chi connectivity index (χ0n) is 6.83. The van der Waals surface area contributed by atoms with Crippen molar-refractivity contribution in [1.29, 1.82) is 0 Å². The summed E-state index contributed by atoms with van der Waals surface area (Å²) in [6, 6.07) is 0. The Labute approximate surface area is 58.8 Å². The third-order valence-corrected chi connectivity index (χ3v) is 1.19. The Hall–Kier alpha value is -0.0400.